The minimum absolute atomic E-state index is 0.233. The lowest BCUT2D eigenvalue weighted by Crippen LogP contribution is -2.34. The fraction of sp³-hybridized carbons (Fsp3) is 0.533. The van der Waals surface area contributed by atoms with E-state index in [9.17, 15) is 4.39 Å². The second kappa shape index (κ2) is 5.34. The van der Waals surface area contributed by atoms with Gasteiger partial charge in [-0.25, -0.2) is 9.37 Å². The van der Waals surface area contributed by atoms with Crippen LogP contribution >= 0.6 is 11.6 Å². The van der Waals surface area contributed by atoms with Crippen LogP contribution in [0.4, 0.5) is 4.39 Å². The van der Waals surface area contributed by atoms with Crippen LogP contribution in [0.25, 0.3) is 11.0 Å². The second-order valence-electron chi connectivity index (χ2n) is 5.65. The number of aromatic nitrogens is 2. The number of hydrogen-bond donors (Lipinski definition) is 0. The van der Waals surface area contributed by atoms with Gasteiger partial charge in [0.15, 0.2) is 0 Å². The number of hydrogen-bond acceptors (Lipinski definition) is 2. The van der Waals surface area contributed by atoms with Crippen LogP contribution in [-0.4, -0.2) is 33.6 Å². The Bertz CT molecular complexity index is 621. The lowest BCUT2D eigenvalue weighted by atomic mass is 10.2. The van der Waals surface area contributed by atoms with E-state index in [2.05, 4.69) is 28.4 Å². The summed E-state index contributed by atoms with van der Waals surface area (Å²) in [6.45, 7) is 2.98. The van der Waals surface area contributed by atoms with Crippen molar-refractivity contribution in [2.75, 3.05) is 7.05 Å². The molecule has 1 fully saturated rings. The van der Waals surface area contributed by atoms with Gasteiger partial charge in [-0.05, 0) is 45.0 Å². The van der Waals surface area contributed by atoms with Gasteiger partial charge < -0.3 is 4.57 Å². The van der Waals surface area contributed by atoms with E-state index in [1.54, 1.807) is 12.1 Å². The van der Waals surface area contributed by atoms with E-state index < -0.39 is 0 Å². The summed E-state index contributed by atoms with van der Waals surface area (Å²) in [5.74, 6) is 0.919. The zero-order valence-electron chi connectivity index (χ0n) is 11.8. The maximum Gasteiger partial charge on any atom is 0.125 e. The van der Waals surface area contributed by atoms with Gasteiger partial charge in [-0.1, -0.05) is 0 Å². The standard InChI is InChI=1S/C15H19ClFN3/c1-10(19(2)12-4-5-12)9-20-14-7-11(17)3-6-13(14)18-15(20)8-16/h3,6-7,10,12H,4-5,8-9H2,1-2H3. The SMILES string of the molecule is CC(Cn1c(CCl)nc2ccc(F)cc21)N(C)C1CC1. The van der Waals surface area contributed by atoms with Crippen LogP contribution in [0.3, 0.4) is 0 Å². The van der Waals surface area contributed by atoms with Gasteiger partial charge in [0.25, 0.3) is 0 Å². The number of likely N-dealkylation sites (N-methyl/N-ethyl adjacent to an activating group) is 1. The number of alkyl halides is 1. The highest BCUT2D eigenvalue weighted by atomic mass is 35.5. The molecular formula is C15H19ClFN3. The maximum atomic E-state index is 13.5. The summed E-state index contributed by atoms with van der Waals surface area (Å²) in [4.78, 5) is 6.88. The van der Waals surface area contributed by atoms with Gasteiger partial charge in [0.1, 0.15) is 11.6 Å². The molecule has 1 unspecified atom stereocenters. The average molecular weight is 296 g/mol. The number of imidazole rings is 1. The summed E-state index contributed by atoms with van der Waals surface area (Å²) in [6.07, 6.45) is 2.56. The lowest BCUT2D eigenvalue weighted by molar-refractivity contribution is 0.226. The van der Waals surface area contributed by atoms with Gasteiger partial charge in [-0.2, -0.15) is 0 Å². The summed E-state index contributed by atoms with van der Waals surface area (Å²) in [5.41, 5.74) is 1.64. The fourth-order valence-electron chi connectivity index (χ4n) is 2.69. The van der Waals surface area contributed by atoms with Crippen molar-refractivity contribution in [3.8, 4) is 0 Å². The fourth-order valence-corrected chi connectivity index (χ4v) is 2.89. The Labute approximate surface area is 123 Å². The molecule has 0 saturated heterocycles. The Kier molecular flexibility index (Phi) is 3.69. The summed E-state index contributed by atoms with van der Waals surface area (Å²) >= 11 is 5.99. The van der Waals surface area contributed by atoms with E-state index in [4.69, 9.17) is 11.6 Å². The zero-order chi connectivity index (χ0) is 14.3. The van der Waals surface area contributed by atoms with Crippen molar-refractivity contribution in [1.82, 2.24) is 14.5 Å². The molecule has 3 nitrogen and oxygen atoms in total. The molecule has 0 aliphatic heterocycles. The smallest absolute Gasteiger partial charge is 0.125 e. The number of nitrogens with zero attached hydrogens (tertiary/aromatic N) is 3. The molecule has 0 N–H and O–H groups in total. The van der Waals surface area contributed by atoms with Crippen LogP contribution in [-0.2, 0) is 12.4 Å². The second-order valence-corrected chi connectivity index (χ2v) is 5.92. The molecule has 1 aliphatic rings. The number of fused-ring (bicyclic) bond motifs is 1. The summed E-state index contributed by atoms with van der Waals surface area (Å²) in [6, 6.07) is 5.78. The minimum atomic E-state index is -0.233. The first-order valence-corrected chi connectivity index (χ1v) is 7.56. The first kappa shape index (κ1) is 13.8. The Morgan fingerprint density at radius 3 is 2.90 bits per heavy atom. The molecule has 2 aromatic rings. The van der Waals surface area contributed by atoms with Crippen molar-refractivity contribution in [3.05, 3.63) is 29.8 Å². The van der Waals surface area contributed by atoms with Gasteiger partial charge in [0, 0.05) is 18.6 Å². The number of benzene rings is 1. The van der Waals surface area contributed by atoms with Crippen molar-refractivity contribution in [1.29, 1.82) is 0 Å². The van der Waals surface area contributed by atoms with Gasteiger partial charge in [0.2, 0.25) is 0 Å². The Hall–Kier alpha value is -1.13. The molecule has 1 aliphatic carbocycles. The molecule has 0 radical (unpaired) electrons. The molecule has 1 heterocycles. The number of rotatable bonds is 5. The molecule has 1 atom stereocenters. The van der Waals surface area contributed by atoms with E-state index in [1.807, 2.05) is 0 Å². The Balaban J connectivity index is 1.93. The minimum Gasteiger partial charge on any atom is -0.325 e. The predicted molar refractivity (Wildman–Crippen MR) is 79.5 cm³/mol. The third-order valence-corrected chi connectivity index (χ3v) is 4.41. The first-order valence-electron chi connectivity index (χ1n) is 7.02. The van der Waals surface area contributed by atoms with Crippen LogP contribution in [0, 0.1) is 5.82 Å². The molecule has 1 aromatic heterocycles. The lowest BCUT2D eigenvalue weighted by Gasteiger charge is -2.25. The average Bonchev–Trinajstić information content (AvgIpc) is 3.22. The molecule has 0 spiro atoms. The highest BCUT2D eigenvalue weighted by molar-refractivity contribution is 6.16. The van der Waals surface area contributed by atoms with E-state index in [-0.39, 0.29) is 5.82 Å². The summed E-state index contributed by atoms with van der Waals surface area (Å²) in [5, 5.41) is 0. The van der Waals surface area contributed by atoms with Gasteiger partial charge >= 0.3 is 0 Å². The zero-order valence-corrected chi connectivity index (χ0v) is 12.6. The van der Waals surface area contributed by atoms with Gasteiger partial charge in [-0.3, -0.25) is 4.90 Å². The van der Waals surface area contributed by atoms with Crippen LogP contribution in [0.2, 0.25) is 0 Å². The van der Waals surface area contributed by atoms with Crippen molar-refractivity contribution in [2.45, 2.75) is 44.3 Å². The molecule has 20 heavy (non-hydrogen) atoms. The van der Waals surface area contributed by atoms with Crippen molar-refractivity contribution >= 4 is 22.6 Å². The third-order valence-electron chi connectivity index (χ3n) is 4.17. The predicted octanol–water partition coefficient (Wildman–Crippen LogP) is 3.40. The molecule has 1 aromatic carbocycles. The highest BCUT2D eigenvalue weighted by Crippen LogP contribution is 2.28. The molecule has 0 amide bonds. The normalized spacial score (nSPS) is 17.1. The molecule has 1 saturated carbocycles. The van der Waals surface area contributed by atoms with E-state index in [0.29, 0.717) is 18.0 Å². The topological polar surface area (TPSA) is 21.1 Å². The van der Waals surface area contributed by atoms with E-state index >= 15 is 0 Å². The Morgan fingerprint density at radius 2 is 2.25 bits per heavy atom. The summed E-state index contributed by atoms with van der Waals surface area (Å²) < 4.78 is 15.5. The first-order chi connectivity index (χ1) is 9.60. The quantitative estimate of drug-likeness (QED) is 0.788. The van der Waals surface area contributed by atoms with Crippen LogP contribution < -0.4 is 0 Å². The van der Waals surface area contributed by atoms with E-state index in [1.165, 1.54) is 18.9 Å². The van der Waals surface area contributed by atoms with Crippen LogP contribution in [0.5, 0.6) is 0 Å². The monoisotopic (exact) mass is 295 g/mol. The molecular weight excluding hydrogens is 277 g/mol. The van der Waals surface area contributed by atoms with Gasteiger partial charge in [-0.15, -0.1) is 11.6 Å². The molecule has 3 rings (SSSR count). The molecule has 0 bridgehead atoms. The Morgan fingerprint density at radius 1 is 1.50 bits per heavy atom. The van der Waals surface area contributed by atoms with Crippen LogP contribution in [0.1, 0.15) is 25.6 Å². The van der Waals surface area contributed by atoms with Crippen molar-refractivity contribution in [3.63, 3.8) is 0 Å². The largest absolute Gasteiger partial charge is 0.325 e. The number of halogens is 2. The van der Waals surface area contributed by atoms with Gasteiger partial charge in [0.05, 0.1) is 16.9 Å². The summed E-state index contributed by atoms with van der Waals surface area (Å²) in [7, 11) is 2.16. The third kappa shape index (κ3) is 2.54. The van der Waals surface area contributed by atoms with E-state index in [0.717, 1.165) is 23.4 Å². The van der Waals surface area contributed by atoms with Crippen molar-refractivity contribution in [2.24, 2.45) is 0 Å². The van der Waals surface area contributed by atoms with Crippen LogP contribution in [0.15, 0.2) is 18.2 Å². The highest BCUT2D eigenvalue weighted by Gasteiger charge is 2.29. The maximum absolute atomic E-state index is 13.5. The molecule has 5 heteroatoms. The molecule has 108 valence electrons. The van der Waals surface area contributed by atoms with Crippen molar-refractivity contribution < 1.29 is 4.39 Å².